The molecule has 240 valence electrons. The van der Waals surface area contributed by atoms with Crippen LogP contribution >= 0.6 is 0 Å². The third-order valence-corrected chi connectivity index (χ3v) is 6.91. The first-order chi connectivity index (χ1) is 21.1. The van der Waals surface area contributed by atoms with E-state index in [-0.39, 0.29) is 31.8 Å². The summed E-state index contributed by atoms with van der Waals surface area (Å²) >= 11 is 0. The highest BCUT2D eigenvalue weighted by atomic mass is 16.7. The normalized spacial score (nSPS) is 21.8. The maximum absolute atomic E-state index is 13.2. The van der Waals surface area contributed by atoms with Gasteiger partial charge in [0.15, 0.2) is 18.5 Å². The predicted octanol–water partition coefficient (Wildman–Crippen LogP) is 5.74. The van der Waals surface area contributed by atoms with Crippen LogP contribution in [-0.4, -0.2) is 61.6 Å². The van der Waals surface area contributed by atoms with Crippen molar-refractivity contribution in [1.29, 1.82) is 0 Å². The zero-order valence-electron chi connectivity index (χ0n) is 26.3. The maximum atomic E-state index is 13.2. The van der Waals surface area contributed by atoms with Gasteiger partial charge < -0.3 is 33.2 Å². The molecule has 1 heterocycles. The van der Waals surface area contributed by atoms with Crippen molar-refractivity contribution >= 4 is 17.7 Å². The minimum Gasteiger partial charge on any atom is -0.457 e. The van der Waals surface area contributed by atoms with E-state index in [1.807, 2.05) is 60.7 Å². The monoisotopic (exact) mass is 610 g/mol. The Hall–Kier alpha value is -3.37. The fraction of sp³-hybridized carbons (Fsp3) is 0.514. The number of allylic oxidation sites excluding steroid dienone is 1. The maximum Gasteiger partial charge on any atom is 0.311 e. The molecule has 0 aliphatic carbocycles. The quantitative estimate of drug-likeness (QED) is 0.126. The highest BCUT2D eigenvalue weighted by Gasteiger charge is 2.52. The molecular formula is C35H46O9. The van der Waals surface area contributed by atoms with Gasteiger partial charge in [0.2, 0.25) is 0 Å². The molecule has 0 radical (unpaired) electrons. The van der Waals surface area contributed by atoms with E-state index in [0.29, 0.717) is 19.6 Å². The molecule has 1 aliphatic rings. The molecule has 9 heteroatoms. The number of carbonyl (C=O) groups is 3. The van der Waals surface area contributed by atoms with Crippen molar-refractivity contribution in [3.8, 4) is 0 Å². The van der Waals surface area contributed by atoms with Gasteiger partial charge in [-0.2, -0.15) is 0 Å². The lowest BCUT2D eigenvalue weighted by Gasteiger charge is -2.45. The Bertz CT molecular complexity index is 1180. The molecule has 1 saturated heterocycles. The number of carbonyl (C=O) groups excluding carboxylic acids is 3. The van der Waals surface area contributed by atoms with E-state index in [9.17, 15) is 14.4 Å². The van der Waals surface area contributed by atoms with Crippen molar-refractivity contribution in [1.82, 2.24) is 0 Å². The fourth-order valence-corrected chi connectivity index (χ4v) is 4.45. The Labute approximate surface area is 260 Å². The molecule has 0 unspecified atom stereocenters. The molecule has 2 aromatic carbocycles. The largest absolute Gasteiger partial charge is 0.457 e. The summed E-state index contributed by atoms with van der Waals surface area (Å²) in [6, 6.07) is 19.2. The van der Waals surface area contributed by atoms with Gasteiger partial charge in [-0.3, -0.25) is 9.59 Å². The number of benzene rings is 2. The molecule has 0 amide bonds. The molecule has 2 aromatic rings. The molecule has 0 saturated carbocycles. The summed E-state index contributed by atoms with van der Waals surface area (Å²) in [4.78, 5) is 37.8. The summed E-state index contributed by atoms with van der Waals surface area (Å²) in [5, 5.41) is 0. The second kappa shape index (κ2) is 17.8. The molecule has 5 atom stereocenters. The highest BCUT2D eigenvalue weighted by molar-refractivity contribution is 5.81. The van der Waals surface area contributed by atoms with Crippen molar-refractivity contribution in [3.63, 3.8) is 0 Å². The molecule has 0 N–H and O–H groups in total. The second-order valence-corrected chi connectivity index (χ2v) is 11.9. The number of Topliss-reactive ketones (excluding diaryl/α,β-unsaturated/α-hetero) is 1. The minimum absolute atomic E-state index is 0.0363. The molecular weight excluding hydrogens is 564 g/mol. The van der Waals surface area contributed by atoms with Crippen LogP contribution in [0.1, 0.15) is 64.5 Å². The fourth-order valence-electron chi connectivity index (χ4n) is 4.45. The Morgan fingerprint density at radius 1 is 0.841 bits per heavy atom. The highest BCUT2D eigenvalue weighted by Crippen LogP contribution is 2.32. The summed E-state index contributed by atoms with van der Waals surface area (Å²) in [7, 11) is 0. The summed E-state index contributed by atoms with van der Waals surface area (Å²) in [6.45, 7) is 11.2. The number of esters is 2. The van der Waals surface area contributed by atoms with Crippen LogP contribution in [0, 0.1) is 5.41 Å². The first-order valence-corrected chi connectivity index (χ1v) is 15.1. The van der Waals surface area contributed by atoms with Crippen LogP contribution in [0.3, 0.4) is 0 Å². The van der Waals surface area contributed by atoms with Crippen molar-refractivity contribution in [2.45, 2.75) is 97.3 Å². The van der Waals surface area contributed by atoms with E-state index >= 15 is 0 Å². The number of ketones is 1. The lowest BCUT2D eigenvalue weighted by Crippen LogP contribution is -2.63. The van der Waals surface area contributed by atoms with Crippen molar-refractivity contribution in [2.75, 3.05) is 13.2 Å². The molecule has 9 nitrogen and oxygen atoms in total. The van der Waals surface area contributed by atoms with Gasteiger partial charge in [0.1, 0.15) is 18.0 Å². The smallest absolute Gasteiger partial charge is 0.311 e. The van der Waals surface area contributed by atoms with Gasteiger partial charge >= 0.3 is 11.9 Å². The van der Waals surface area contributed by atoms with E-state index in [2.05, 4.69) is 6.58 Å². The zero-order chi connectivity index (χ0) is 32.0. The molecule has 0 spiro atoms. The van der Waals surface area contributed by atoms with Crippen LogP contribution in [0.15, 0.2) is 73.3 Å². The van der Waals surface area contributed by atoms with Gasteiger partial charge in [0.25, 0.3) is 0 Å². The number of ether oxygens (including phenoxy) is 6. The van der Waals surface area contributed by atoms with Crippen molar-refractivity contribution in [3.05, 3.63) is 84.4 Å². The van der Waals surface area contributed by atoms with Crippen molar-refractivity contribution in [2.24, 2.45) is 5.41 Å². The number of rotatable bonds is 17. The van der Waals surface area contributed by atoms with Gasteiger partial charge in [-0.05, 0) is 51.7 Å². The lowest BCUT2D eigenvalue weighted by atomic mass is 9.95. The van der Waals surface area contributed by atoms with E-state index < -0.39 is 48.1 Å². The third-order valence-electron chi connectivity index (χ3n) is 6.91. The Morgan fingerprint density at radius 2 is 1.48 bits per heavy atom. The SMILES string of the molecule is C=CCCCO[C@@H]1O[C@H](COCc2ccccc2)[C@@H](OC(=O)CCC(C)=O)[C@H](OCc2ccccc2)[C@H]1OC(=O)C(C)(C)C. The molecule has 0 bridgehead atoms. The third kappa shape index (κ3) is 11.6. The van der Waals surface area contributed by atoms with E-state index in [1.165, 1.54) is 6.92 Å². The van der Waals surface area contributed by atoms with E-state index in [1.54, 1.807) is 26.8 Å². The lowest BCUT2D eigenvalue weighted by molar-refractivity contribution is -0.317. The van der Waals surface area contributed by atoms with Crippen LogP contribution in [-0.2, 0) is 56.0 Å². The molecule has 3 rings (SSSR count). The van der Waals surface area contributed by atoms with E-state index in [0.717, 1.165) is 17.5 Å². The first kappa shape index (κ1) is 35.1. The standard InChI is InChI=1S/C35H46O9/c1-6-7-14-21-40-33-32(44-34(38)35(3,4)5)31(41-23-27-17-12-9-13-18-27)30(43-29(37)20-19-25(2)36)28(42-33)24-39-22-26-15-10-8-11-16-26/h6,8-13,15-18,28,30-33H,1,7,14,19-24H2,2-5H3/t28-,30-,31+,32-,33-/m1/s1. The topological polar surface area (TPSA) is 107 Å². The van der Waals surface area contributed by atoms with Crippen LogP contribution < -0.4 is 0 Å². The number of unbranched alkanes of at least 4 members (excludes halogenated alkanes) is 1. The van der Waals surface area contributed by atoms with Gasteiger partial charge in [-0.25, -0.2) is 0 Å². The van der Waals surface area contributed by atoms with Crippen molar-refractivity contribution < 1.29 is 42.8 Å². The summed E-state index contributed by atoms with van der Waals surface area (Å²) < 4.78 is 37.0. The zero-order valence-corrected chi connectivity index (χ0v) is 26.3. The molecule has 44 heavy (non-hydrogen) atoms. The minimum atomic E-state index is -1.06. The molecule has 1 fully saturated rings. The Balaban J connectivity index is 1.95. The van der Waals surface area contributed by atoms with E-state index in [4.69, 9.17) is 28.4 Å². The average molecular weight is 611 g/mol. The molecule has 1 aliphatic heterocycles. The summed E-state index contributed by atoms with van der Waals surface area (Å²) in [5.41, 5.74) is 1.01. The Kier molecular flexibility index (Phi) is 14.2. The molecule has 0 aromatic heterocycles. The second-order valence-electron chi connectivity index (χ2n) is 11.9. The van der Waals surface area contributed by atoms with Crippen LogP contribution in [0.25, 0.3) is 0 Å². The van der Waals surface area contributed by atoms with Gasteiger partial charge in [0.05, 0.1) is 38.3 Å². The van der Waals surface area contributed by atoms with Gasteiger partial charge in [-0.1, -0.05) is 66.7 Å². The van der Waals surface area contributed by atoms with Gasteiger partial charge in [0, 0.05) is 6.42 Å². The van der Waals surface area contributed by atoms with Crippen LogP contribution in [0.2, 0.25) is 0 Å². The number of hydrogen-bond acceptors (Lipinski definition) is 9. The Morgan fingerprint density at radius 3 is 2.07 bits per heavy atom. The van der Waals surface area contributed by atoms with Crippen LogP contribution in [0.4, 0.5) is 0 Å². The number of hydrogen-bond donors (Lipinski definition) is 0. The average Bonchev–Trinajstić information content (AvgIpc) is 3.00. The van der Waals surface area contributed by atoms with Gasteiger partial charge in [-0.15, -0.1) is 6.58 Å². The van der Waals surface area contributed by atoms with Crippen LogP contribution in [0.5, 0.6) is 0 Å². The first-order valence-electron chi connectivity index (χ1n) is 15.1. The predicted molar refractivity (Wildman–Crippen MR) is 164 cm³/mol. The summed E-state index contributed by atoms with van der Waals surface area (Å²) in [5.74, 6) is -1.22. The summed E-state index contributed by atoms with van der Waals surface area (Å²) in [6.07, 6.45) is -1.78.